The van der Waals surface area contributed by atoms with Crippen molar-refractivity contribution in [2.75, 3.05) is 46.9 Å². The van der Waals surface area contributed by atoms with E-state index in [0.29, 0.717) is 6.54 Å². The quantitative estimate of drug-likeness (QED) is 0.539. The van der Waals surface area contributed by atoms with E-state index in [1.54, 1.807) is 14.2 Å². The van der Waals surface area contributed by atoms with Crippen molar-refractivity contribution < 1.29 is 9.47 Å². The smallest absolute Gasteiger partial charge is 0.194 e. The van der Waals surface area contributed by atoms with Gasteiger partial charge in [0.2, 0.25) is 0 Å². The van der Waals surface area contributed by atoms with Crippen molar-refractivity contribution in [3.63, 3.8) is 0 Å². The Morgan fingerprint density at radius 3 is 2.45 bits per heavy atom. The highest BCUT2D eigenvalue weighted by Crippen LogP contribution is 2.25. The summed E-state index contributed by atoms with van der Waals surface area (Å²) in [7, 11) is 5.39. The molecule has 0 radical (unpaired) electrons. The van der Waals surface area contributed by atoms with Crippen LogP contribution in [0.2, 0.25) is 0 Å². The third kappa shape index (κ3) is 5.50. The van der Waals surface area contributed by atoms with Gasteiger partial charge in [0.15, 0.2) is 5.96 Å². The molecule has 0 spiro atoms. The highest BCUT2D eigenvalue weighted by Gasteiger charge is 2.21. The number of nitrogens with zero attached hydrogens (tertiary/aromatic N) is 5. The van der Waals surface area contributed by atoms with Gasteiger partial charge in [-0.1, -0.05) is 0 Å². The van der Waals surface area contributed by atoms with Crippen LogP contribution in [-0.4, -0.2) is 72.5 Å². The summed E-state index contributed by atoms with van der Waals surface area (Å²) in [5, 5.41) is 7.97. The number of guanidine groups is 1. The fourth-order valence-corrected chi connectivity index (χ4v) is 3.99. The van der Waals surface area contributed by atoms with Gasteiger partial charge in [-0.05, 0) is 39.0 Å². The number of ether oxygens (including phenoxy) is 2. The predicted octanol–water partition coefficient (Wildman–Crippen LogP) is 2.34. The Hall–Kier alpha value is -2.74. The minimum absolute atomic E-state index is 0.648. The first-order chi connectivity index (χ1) is 15.0. The molecule has 31 heavy (non-hydrogen) atoms. The first kappa shape index (κ1) is 22.9. The molecule has 1 N–H and O–H groups in total. The summed E-state index contributed by atoms with van der Waals surface area (Å²) in [5.41, 5.74) is 4.59. The highest BCUT2D eigenvalue weighted by atomic mass is 16.5. The molecule has 1 aromatic carbocycles. The van der Waals surface area contributed by atoms with Crippen LogP contribution in [0.3, 0.4) is 0 Å². The third-order valence-electron chi connectivity index (χ3n) is 5.93. The largest absolute Gasteiger partial charge is 0.497 e. The molecule has 3 rings (SSSR count). The van der Waals surface area contributed by atoms with Crippen molar-refractivity contribution in [2.45, 2.75) is 33.9 Å². The molecule has 0 aliphatic carbocycles. The molecule has 1 aromatic heterocycles. The number of hydrogen-bond acceptors (Lipinski definition) is 5. The lowest BCUT2D eigenvalue weighted by atomic mass is 10.1. The summed E-state index contributed by atoms with van der Waals surface area (Å²) in [4.78, 5) is 9.73. The van der Waals surface area contributed by atoms with Gasteiger partial charge in [0, 0.05) is 63.1 Å². The van der Waals surface area contributed by atoms with E-state index in [1.165, 1.54) is 11.3 Å². The average molecular weight is 429 g/mol. The van der Waals surface area contributed by atoms with Crippen LogP contribution in [0.15, 0.2) is 23.2 Å². The molecule has 1 aliphatic rings. The third-order valence-corrected chi connectivity index (χ3v) is 5.93. The highest BCUT2D eigenvalue weighted by molar-refractivity contribution is 5.80. The zero-order chi connectivity index (χ0) is 22.4. The second kappa shape index (κ2) is 10.5. The topological polar surface area (TPSA) is 67.2 Å². The summed E-state index contributed by atoms with van der Waals surface area (Å²) >= 11 is 0. The number of piperazine rings is 1. The van der Waals surface area contributed by atoms with Gasteiger partial charge in [0.1, 0.15) is 11.5 Å². The number of methoxy groups -OCH3 is 2. The Labute approximate surface area is 185 Å². The Bertz CT molecular complexity index is 900. The maximum Gasteiger partial charge on any atom is 0.194 e. The van der Waals surface area contributed by atoms with E-state index in [2.05, 4.69) is 47.1 Å². The number of benzene rings is 1. The average Bonchev–Trinajstić information content (AvgIpc) is 3.02. The van der Waals surface area contributed by atoms with Gasteiger partial charge in [-0.15, -0.1) is 0 Å². The minimum Gasteiger partial charge on any atom is -0.497 e. The van der Waals surface area contributed by atoms with Crippen LogP contribution in [-0.2, 0) is 20.1 Å². The SMILES string of the molecule is CCNC(=NCc1c(C)nn(C)c1C)N1CCN(Cc2cc(OC)ccc2OC)CC1. The molecule has 1 aliphatic heterocycles. The van der Waals surface area contributed by atoms with Gasteiger partial charge in [-0.3, -0.25) is 9.58 Å². The number of aromatic nitrogens is 2. The maximum absolute atomic E-state index is 5.54. The Kier molecular flexibility index (Phi) is 7.79. The van der Waals surface area contributed by atoms with E-state index in [1.807, 2.05) is 23.9 Å². The van der Waals surface area contributed by atoms with Crippen LogP contribution in [0.1, 0.15) is 29.4 Å². The molecule has 8 nitrogen and oxygen atoms in total. The second-order valence-corrected chi connectivity index (χ2v) is 7.88. The monoisotopic (exact) mass is 428 g/mol. The normalized spacial score (nSPS) is 15.3. The molecular weight excluding hydrogens is 392 g/mol. The van der Waals surface area contributed by atoms with E-state index in [-0.39, 0.29) is 0 Å². The summed E-state index contributed by atoms with van der Waals surface area (Å²) in [6.45, 7) is 12.4. The molecule has 0 saturated carbocycles. The van der Waals surface area contributed by atoms with Crippen LogP contribution in [0.5, 0.6) is 11.5 Å². The molecule has 0 bridgehead atoms. The Morgan fingerprint density at radius 2 is 1.87 bits per heavy atom. The zero-order valence-corrected chi connectivity index (χ0v) is 19.7. The molecular formula is C23H36N6O2. The first-order valence-corrected chi connectivity index (χ1v) is 10.9. The molecule has 0 atom stereocenters. The van der Waals surface area contributed by atoms with E-state index in [9.17, 15) is 0 Å². The van der Waals surface area contributed by atoms with Gasteiger partial charge in [-0.2, -0.15) is 5.10 Å². The van der Waals surface area contributed by atoms with Crippen LogP contribution >= 0.6 is 0 Å². The summed E-state index contributed by atoms with van der Waals surface area (Å²) in [6, 6.07) is 5.98. The van der Waals surface area contributed by atoms with Crippen molar-refractivity contribution in [1.82, 2.24) is 24.9 Å². The molecule has 0 amide bonds. The number of rotatable bonds is 7. The molecule has 2 heterocycles. The van der Waals surface area contributed by atoms with Crippen molar-refractivity contribution in [3.8, 4) is 11.5 Å². The van der Waals surface area contributed by atoms with E-state index >= 15 is 0 Å². The molecule has 170 valence electrons. The summed E-state index contributed by atoms with van der Waals surface area (Å²) < 4.78 is 12.9. The molecule has 2 aromatic rings. The lowest BCUT2D eigenvalue weighted by Crippen LogP contribution is -2.52. The lowest BCUT2D eigenvalue weighted by Gasteiger charge is -2.36. The maximum atomic E-state index is 5.54. The number of hydrogen-bond donors (Lipinski definition) is 1. The molecule has 1 saturated heterocycles. The van der Waals surface area contributed by atoms with Gasteiger partial charge >= 0.3 is 0 Å². The van der Waals surface area contributed by atoms with Crippen LogP contribution < -0.4 is 14.8 Å². The number of aryl methyl sites for hydroxylation is 2. The summed E-state index contributed by atoms with van der Waals surface area (Å²) in [5.74, 6) is 2.74. The van der Waals surface area contributed by atoms with Crippen LogP contribution in [0, 0.1) is 13.8 Å². The standard InChI is InChI=1S/C23H36N6O2/c1-7-24-23(25-15-21-17(2)26-27(4)18(21)3)29-12-10-28(11-13-29)16-19-14-20(30-5)8-9-22(19)31-6/h8-9,14H,7,10-13,15-16H2,1-6H3,(H,24,25). The zero-order valence-electron chi connectivity index (χ0n) is 19.7. The van der Waals surface area contributed by atoms with E-state index in [0.717, 1.165) is 68.0 Å². The Morgan fingerprint density at radius 1 is 1.13 bits per heavy atom. The molecule has 0 unspecified atom stereocenters. The summed E-state index contributed by atoms with van der Waals surface area (Å²) in [6.07, 6.45) is 0. The lowest BCUT2D eigenvalue weighted by molar-refractivity contribution is 0.171. The van der Waals surface area contributed by atoms with Crippen molar-refractivity contribution >= 4 is 5.96 Å². The van der Waals surface area contributed by atoms with Crippen molar-refractivity contribution in [2.24, 2.45) is 12.0 Å². The predicted molar refractivity (Wildman–Crippen MR) is 124 cm³/mol. The van der Waals surface area contributed by atoms with Gasteiger partial charge in [0.05, 0.1) is 26.5 Å². The van der Waals surface area contributed by atoms with Crippen molar-refractivity contribution in [3.05, 3.63) is 40.7 Å². The van der Waals surface area contributed by atoms with Gasteiger partial charge in [-0.25, -0.2) is 4.99 Å². The number of nitrogens with one attached hydrogen (secondary N) is 1. The van der Waals surface area contributed by atoms with Gasteiger partial charge in [0.25, 0.3) is 0 Å². The fourth-order valence-electron chi connectivity index (χ4n) is 3.99. The first-order valence-electron chi connectivity index (χ1n) is 10.9. The molecule has 8 heteroatoms. The van der Waals surface area contributed by atoms with E-state index < -0.39 is 0 Å². The fraction of sp³-hybridized carbons (Fsp3) is 0.565. The minimum atomic E-state index is 0.648. The van der Waals surface area contributed by atoms with Crippen LogP contribution in [0.4, 0.5) is 0 Å². The van der Waals surface area contributed by atoms with E-state index in [4.69, 9.17) is 14.5 Å². The second-order valence-electron chi connectivity index (χ2n) is 7.88. The van der Waals surface area contributed by atoms with Crippen LogP contribution in [0.25, 0.3) is 0 Å². The van der Waals surface area contributed by atoms with Gasteiger partial charge < -0.3 is 19.7 Å². The Balaban J connectivity index is 1.64. The van der Waals surface area contributed by atoms with Crippen molar-refractivity contribution in [1.29, 1.82) is 0 Å². The molecule has 1 fully saturated rings. The number of aliphatic imine (C=N–C) groups is 1.